The predicted octanol–water partition coefficient (Wildman–Crippen LogP) is -2.30. The van der Waals surface area contributed by atoms with Crippen LogP contribution < -0.4 is 22.1 Å². The summed E-state index contributed by atoms with van der Waals surface area (Å²) in [5.41, 5.74) is 10.3. The van der Waals surface area contributed by atoms with Crippen LogP contribution in [-0.4, -0.2) is 47.4 Å². The van der Waals surface area contributed by atoms with Crippen molar-refractivity contribution in [2.24, 2.45) is 17.4 Å². The highest BCUT2D eigenvalue weighted by molar-refractivity contribution is 5.96. The summed E-state index contributed by atoms with van der Waals surface area (Å²) in [6.07, 6.45) is 1.77. The molecule has 0 spiro atoms. The highest BCUT2D eigenvalue weighted by Crippen LogP contribution is 2.01. The number of hydrogen-bond acceptors (Lipinski definition) is 5. The lowest BCUT2D eigenvalue weighted by Gasteiger charge is -2.20. The average molecular weight is 300 g/mol. The number of amides is 3. The van der Waals surface area contributed by atoms with Crippen LogP contribution in [-0.2, 0) is 19.2 Å². The molecule has 0 unspecified atom stereocenters. The zero-order valence-corrected chi connectivity index (χ0v) is 11.8. The molecule has 3 amide bonds. The number of hydrogen-bond donors (Lipinski definition) is 5. The number of carbonyl (C=O) groups excluding carboxylic acids is 3. The first-order chi connectivity index (χ1) is 9.65. The first kappa shape index (κ1) is 18.6. The molecule has 9 nitrogen and oxygen atoms in total. The topological polar surface area (TPSA) is 165 Å². The fourth-order valence-corrected chi connectivity index (χ4v) is 1.29. The molecule has 21 heavy (non-hydrogen) atoms. The van der Waals surface area contributed by atoms with E-state index in [2.05, 4.69) is 10.6 Å². The van der Waals surface area contributed by atoms with Gasteiger partial charge in [0, 0.05) is 18.7 Å². The summed E-state index contributed by atoms with van der Waals surface area (Å²) in [5.74, 6) is -3.61. The summed E-state index contributed by atoms with van der Waals surface area (Å²) in [4.78, 5) is 44.3. The van der Waals surface area contributed by atoms with Crippen molar-refractivity contribution in [1.82, 2.24) is 10.6 Å². The second kappa shape index (κ2) is 8.69. The summed E-state index contributed by atoms with van der Waals surface area (Å²) in [7, 11) is 0. The fourth-order valence-electron chi connectivity index (χ4n) is 1.29. The van der Waals surface area contributed by atoms with Gasteiger partial charge in [-0.25, -0.2) is 4.79 Å². The van der Waals surface area contributed by atoms with Crippen LogP contribution in [0.1, 0.15) is 13.8 Å². The molecule has 118 valence electrons. The zero-order chi connectivity index (χ0) is 16.6. The molecule has 0 aromatic rings. The molecule has 0 saturated heterocycles. The second-order valence-corrected chi connectivity index (χ2v) is 4.66. The lowest BCUT2D eigenvalue weighted by molar-refractivity contribution is -0.143. The van der Waals surface area contributed by atoms with Crippen LogP contribution in [0, 0.1) is 5.92 Å². The van der Waals surface area contributed by atoms with Gasteiger partial charge in [0.25, 0.3) is 0 Å². The first-order valence-electron chi connectivity index (χ1n) is 6.19. The summed E-state index contributed by atoms with van der Waals surface area (Å²) in [5, 5.41) is 13.5. The van der Waals surface area contributed by atoms with Crippen molar-refractivity contribution in [3.8, 4) is 0 Å². The van der Waals surface area contributed by atoms with Crippen LogP contribution in [0.25, 0.3) is 0 Å². The molecule has 0 bridgehead atoms. The minimum absolute atomic E-state index is 0.210. The molecular weight excluding hydrogens is 280 g/mol. The van der Waals surface area contributed by atoms with Crippen molar-refractivity contribution in [3.63, 3.8) is 0 Å². The van der Waals surface area contributed by atoms with Crippen molar-refractivity contribution >= 4 is 23.7 Å². The van der Waals surface area contributed by atoms with E-state index in [0.29, 0.717) is 0 Å². The van der Waals surface area contributed by atoms with Crippen molar-refractivity contribution in [1.29, 1.82) is 0 Å². The third-order valence-corrected chi connectivity index (χ3v) is 2.46. The third-order valence-electron chi connectivity index (χ3n) is 2.46. The van der Waals surface area contributed by atoms with Gasteiger partial charge in [-0.1, -0.05) is 13.8 Å². The highest BCUT2D eigenvalue weighted by atomic mass is 16.4. The van der Waals surface area contributed by atoms with E-state index in [1.165, 1.54) is 0 Å². The minimum Gasteiger partial charge on any atom is -0.480 e. The molecule has 0 aromatic carbocycles. The van der Waals surface area contributed by atoms with Crippen LogP contribution in [0.5, 0.6) is 0 Å². The number of primary amides is 1. The number of nitrogens with two attached hydrogens (primary N) is 2. The molecule has 2 atom stereocenters. The molecule has 0 saturated carbocycles. The number of aliphatic carboxylic acids is 1. The quantitative estimate of drug-likeness (QED) is 0.316. The van der Waals surface area contributed by atoms with Crippen LogP contribution in [0.2, 0.25) is 0 Å². The zero-order valence-electron chi connectivity index (χ0n) is 11.8. The van der Waals surface area contributed by atoms with Gasteiger partial charge in [-0.2, -0.15) is 0 Å². The molecular formula is C12H20N4O5. The molecule has 9 heteroatoms. The monoisotopic (exact) mass is 300 g/mol. The number of carboxylic acids is 1. The smallest absolute Gasteiger partial charge is 0.326 e. The third kappa shape index (κ3) is 7.67. The maximum atomic E-state index is 11.7. The van der Waals surface area contributed by atoms with Crippen LogP contribution >= 0.6 is 0 Å². The van der Waals surface area contributed by atoms with Gasteiger partial charge in [0.2, 0.25) is 17.7 Å². The summed E-state index contributed by atoms with van der Waals surface area (Å²) in [6.45, 7) is 3.07. The van der Waals surface area contributed by atoms with Gasteiger partial charge < -0.3 is 27.2 Å². The Balaban J connectivity index is 4.36. The van der Waals surface area contributed by atoms with Gasteiger partial charge in [-0.05, 0) is 5.92 Å². The average Bonchev–Trinajstić information content (AvgIpc) is 2.38. The SMILES string of the molecule is CC(C)[C@H](NC(=O)[C@@H](N)CNC(=O)/C=C/C(N)=O)C(=O)O. The van der Waals surface area contributed by atoms with E-state index < -0.39 is 35.8 Å². The number of carboxylic acid groups (broad SMARTS) is 1. The number of nitrogens with one attached hydrogen (secondary N) is 2. The Morgan fingerprint density at radius 3 is 2.19 bits per heavy atom. The molecule has 0 rings (SSSR count). The van der Waals surface area contributed by atoms with E-state index in [4.69, 9.17) is 16.6 Å². The van der Waals surface area contributed by atoms with E-state index in [1.807, 2.05) is 0 Å². The molecule has 0 aromatic heterocycles. The second-order valence-electron chi connectivity index (χ2n) is 4.66. The normalized spacial score (nSPS) is 13.7. The van der Waals surface area contributed by atoms with Gasteiger partial charge in [-0.15, -0.1) is 0 Å². The van der Waals surface area contributed by atoms with Crippen LogP contribution in [0.3, 0.4) is 0 Å². The van der Waals surface area contributed by atoms with Crippen molar-refractivity contribution in [2.45, 2.75) is 25.9 Å². The predicted molar refractivity (Wildman–Crippen MR) is 73.7 cm³/mol. The molecule has 0 heterocycles. The minimum atomic E-state index is -1.17. The van der Waals surface area contributed by atoms with Gasteiger partial charge in [0.15, 0.2) is 0 Å². The Kier molecular flexibility index (Phi) is 7.69. The van der Waals surface area contributed by atoms with Gasteiger partial charge in [0.1, 0.15) is 12.1 Å². The Labute approximate surface area is 121 Å². The molecule has 0 fully saturated rings. The highest BCUT2D eigenvalue weighted by Gasteiger charge is 2.25. The summed E-state index contributed by atoms with van der Waals surface area (Å²) < 4.78 is 0. The number of rotatable bonds is 8. The largest absolute Gasteiger partial charge is 0.480 e. The maximum Gasteiger partial charge on any atom is 0.326 e. The Hall–Kier alpha value is -2.42. The van der Waals surface area contributed by atoms with Crippen molar-refractivity contribution in [2.75, 3.05) is 6.54 Å². The molecule has 0 radical (unpaired) electrons. The Bertz CT molecular complexity index is 447. The standard InChI is InChI=1S/C12H20N4O5/c1-6(2)10(12(20)21)16-11(19)7(13)5-15-9(18)4-3-8(14)17/h3-4,6-7,10H,5,13H2,1-2H3,(H2,14,17)(H,15,18)(H,16,19)(H,20,21)/b4-3+/t7-,10-/m0/s1. The first-order valence-corrected chi connectivity index (χ1v) is 6.19. The van der Waals surface area contributed by atoms with Crippen LogP contribution in [0.4, 0.5) is 0 Å². The Morgan fingerprint density at radius 2 is 1.76 bits per heavy atom. The summed E-state index contributed by atoms with van der Waals surface area (Å²) >= 11 is 0. The van der Waals surface area contributed by atoms with Crippen molar-refractivity contribution in [3.05, 3.63) is 12.2 Å². The van der Waals surface area contributed by atoms with Crippen molar-refractivity contribution < 1.29 is 24.3 Å². The van der Waals surface area contributed by atoms with Crippen LogP contribution in [0.15, 0.2) is 12.2 Å². The van der Waals surface area contributed by atoms with Gasteiger partial charge in [0.05, 0.1) is 0 Å². The van der Waals surface area contributed by atoms with E-state index in [0.717, 1.165) is 12.2 Å². The lowest BCUT2D eigenvalue weighted by atomic mass is 10.0. The Morgan fingerprint density at radius 1 is 1.19 bits per heavy atom. The van der Waals surface area contributed by atoms with E-state index in [1.54, 1.807) is 13.8 Å². The van der Waals surface area contributed by atoms with Gasteiger partial charge >= 0.3 is 5.97 Å². The van der Waals surface area contributed by atoms with Gasteiger partial charge in [-0.3, -0.25) is 14.4 Å². The summed E-state index contributed by atoms with van der Waals surface area (Å²) in [6, 6.07) is -2.18. The molecule has 0 aliphatic carbocycles. The number of carbonyl (C=O) groups is 4. The van der Waals surface area contributed by atoms with E-state index in [-0.39, 0.29) is 12.5 Å². The molecule has 0 aliphatic heterocycles. The molecule has 7 N–H and O–H groups in total. The maximum absolute atomic E-state index is 11.7. The lowest BCUT2D eigenvalue weighted by Crippen LogP contribution is -2.53. The fraction of sp³-hybridized carbons (Fsp3) is 0.500. The van der Waals surface area contributed by atoms with E-state index in [9.17, 15) is 19.2 Å². The molecule has 0 aliphatic rings. The van der Waals surface area contributed by atoms with E-state index >= 15 is 0 Å².